The standard InChI is InChI=1S/C11H8N2OS/c1-2-9(15-7-1)10-8(3-6-14-10)11-12-4-5-13-11/h1-7H,(H,12,13). The van der Waals surface area contributed by atoms with Gasteiger partial charge in [0.25, 0.3) is 0 Å². The van der Waals surface area contributed by atoms with Crippen molar-refractivity contribution in [2.75, 3.05) is 0 Å². The van der Waals surface area contributed by atoms with Crippen molar-refractivity contribution in [2.24, 2.45) is 0 Å². The second-order valence-electron chi connectivity index (χ2n) is 3.08. The number of furan rings is 1. The monoisotopic (exact) mass is 216 g/mol. The van der Waals surface area contributed by atoms with Crippen LogP contribution in [0.1, 0.15) is 0 Å². The molecule has 3 nitrogen and oxygen atoms in total. The van der Waals surface area contributed by atoms with Gasteiger partial charge in [-0.15, -0.1) is 11.3 Å². The molecule has 15 heavy (non-hydrogen) atoms. The maximum Gasteiger partial charge on any atom is 0.154 e. The molecule has 3 rings (SSSR count). The van der Waals surface area contributed by atoms with E-state index < -0.39 is 0 Å². The smallest absolute Gasteiger partial charge is 0.154 e. The van der Waals surface area contributed by atoms with Crippen molar-refractivity contribution in [1.29, 1.82) is 0 Å². The topological polar surface area (TPSA) is 41.8 Å². The van der Waals surface area contributed by atoms with E-state index in [1.807, 2.05) is 23.6 Å². The molecule has 4 heteroatoms. The molecule has 0 fully saturated rings. The summed E-state index contributed by atoms with van der Waals surface area (Å²) in [5.74, 6) is 1.71. The van der Waals surface area contributed by atoms with E-state index in [0.717, 1.165) is 22.0 Å². The van der Waals surface area contributed by atoms with Gasteiger partial charge < -0.3 is 9.40 Å². The van der Waals surface area contributed by atoms with Gasteiger partial charge in [-0.25, -0.2) is 4.98 Å². The molecule has 1 N–H and O–H groups in total. The van der Waals surface area contributed by atoms with Crippen LogP contribution in [0, 0.1) is 0 Å². The average Bonchev–Trinajstić information content (AvgIpc) is 3.01. The van der Waals surface area contributed by atoms with Crippen LogP contribution in [0.3, 0.4) is 0 Å². The largest absolute Gasteiger partial charge is 0.463 e. The molecule has 3 aromatic heterocycles. The highest BCUT2D eigenvalue weighted by Crippen LogP contribution is 2.33. The highest BCUT2D eigenvalue weighted by Gasteiger charge is 2.12. The first kappa shape index (κ1) is 8.49. The Hall–Kier alpha value is -1.81. The van der Waals surface area contributed by atoms with E-state index in [2.05, 4.69) is 9.97 Å². The quantitative estimate of drug-likeness (QED) is 0.713. The first-order valence-electron chi connectivity index (χ1n) is 4.56. The first-order chi connectivity index (χ1) is 7.45. The molecule has 0 radical (unpaired) electrons. The molecule has 0 amide bonds. The summed E-state index contributed by atoms with van der Waals surface area (Å²) in [5.41, 5.74) is 1.00. The van der Waals surface area contributed by atoms with Crippen molar-refractivity contribution in [3.05, 3.63) is 42.2 Å². The average molecular weight is 216 g/mol. The van der Waals surface area contributed by atoms with Gasteiger partial charge in [0.2, 0.25) is 0 Å². The first-order valence-corrected chi connectivity index (χ1v) is 5.44. The van der Waals surface area contributed by atoms with Gasteiger partial charge in [-0.3, -0.25) is 0 Å². The molecule has 0 unspecified atom stereocenters. The van der Waals surface area contributed by atoms with E-state index in [-0.39, 0.29) is 0 Å². The number of hydrogen-bond acceptors (Lipinski definition) is 3. The third-order valence-corrected chi connectivity index (χ3v) is 3.03. The van der Waals surface area contributed by atoms with Gasteiger partial charge in [-0.05, 0) is 17.5 Å². The number of aromatic amines is 1. The van der Waals surface area contributed by atoms with Crippen molar-refractivity contribution in [1.82, 2.24) is 9.97 Å². The Labute approximate surface area is 90.4 Å². The van der Waals surface area contributed by atoms with Crippen LogP contribution < -0.4 is 0 Å². The predicted octanol–water partition coefficient (Wildman–Crippen LogP) is 3.40. The summed E-state index contributed by atoms with van der Waals surface area (Å²) in [4.78, 5) is 8.41. The highest BCUT2D eigenvalue weighted by atomic mass is 32.1. The molecule has 0 saturated carbocycles. The Bertz CT molecular complexity index is 488. The molecule has 0 bridgehead atoms. The second kappa shape index (κ2) is 3.40. The molecule has 3 aromatic rings. The maximum atomic E-state index is 5.48. The number of hydrogen-bond donors (Lipinski definition) is 1. The van der Waals surface area contributed by atoms with Gasteiger partial charge in [0.05, 0.1) is 16.7 Å². The fourth-order valence-electron chi connectivity index (χ4n) is 1.51. The number of rotatable bonds is 2. The molecule has 0 spiro atoms. The summed E-state index contributed by atoms with van der Waals surface area (Å²) in [6, 6.07) is 5.97. The third-order valence-electron chi connectivity index (χ3n) is 2.16. The molecule has 0 aromatic carbocycles. The van der Waals surface area contributed by atoms with Crippen LogP contribution in [0.4, 0.5) is 0 Å². The van der Waals surface area contributed by atoms with E-state index in [4.69, 9.17) is 4.42 Å². The molecule has 0 atom stereocenters. The Morgan fingerprint density at radius 3 is 3.07 bits per heavy atom. The van der Waals surface area contributed by atoms with Crippen molar-refractivity contribution in [3.63, 3.8) is 0 Å². The van der Waals surface area contributed by atoms with Crippen molar-refractivity contribution >= 4 is 11.3 Å². The Morgan fingerprint density at radius 1 is 1.33 bits per heavy atom. The van der Waals surface area contributed by atoms with Gasteiger partial charge >= 0.3 is 0 Å². The van der Waals surface area contributed by atoms with Crippen LogP contribution in [0.15, 0.2) is 46.7 Å². The summed E-state index contributed by atoms with van der Waals surface area (Å²) >= 11 is 1.66. The van der Waals surface area contributed by atoms with Gasteiger partial charge in [0, 0.05) is 12.4 Å². The zero-order chi connectivity index (χ0) is 10.1. The molecule has 0 aliphatic heterocycles. The number of nitrogens with one attached hydrogen (secondary N) is 1. The highest BCUT2D eigenvalue weighted by molar-refractivity contribution is 7.13. The number of thiophene rings is 1. The van der Waals surface area contributed by atoms with Gasteiger partial charge in [-0.2, -0.15) is 0 Å². The summed E-state index contributed by atoms with van der Waals surface area (Å²) in [6.07, 6.45) is 5.23. The van der Waals surface area contributed by atoms with Crippen LogP contribution in [0.5, 0.6) is 0 Å². The second-order valence-corrected chi connectivity index (χ2v) is 4.03. The van der Waals surface area contributed by atoms with Crippen molar-refractivity contribution in [2.45, 2.75) is 0 Å². The van der Waals surface area contributed by atoms with Gasteiger partial charge in [0.15, 0.2) is 5.76 Å². The summed E-state index contributed by atoms with van der Waals surface area (Å²) in [6.45, 7) is 0. The minimum absolute atomic E-state index is 0.840. The summed E-state index contributed by atoms with van der Waals surface area (Å²) in [7, 11) is 0. The molecular weight excluding hydrogens is 208 g/mol. The van der Waals surface area contributed by atoms with Crippen molar-refractivity contribution < 1.29 is 4.42 Å². The van der Waals surface area contributed by atoms with E-state index in [1.54, 1.807) is 30.0 Å². The number of H-pyrrole nitrogens is 1. The lowest BCUT2D eigenvalue weighted by atomic mass is 10.2. The molecule has 0 aliphatic carbocycles. The fraction of sp³-hybridized carbons (Fsp3) is 0. The van der Waals surface area contributed by atoms with E-state index in [1.165, 1.54) is 0 Å². The van der Waals surface area contributed by atoms with Crippen LogP contribution >= 0.6 is 11.3 Å². The molecule has 0 saturated heterocycles. The predicted molar refractivity (Wildman–Crippen MR) is 59.6 cm³/mol. The van der Waals surface area contributed by atoms with Gasteiger partial charge in [0.1, 0.15) is 5.82 Å². The summed E-state index contributed by atoms with van der Waals surface area (Å²) in [5, 5.41) is 2.03. The van der Waals surface area contributed by atoms with E-state index in [0.29, 0.717) is 0 Å². The van der Waals surface area contributed by atoms with Gasteiger partial charge in [-0.1, -0.05) is 6.07 Å². The number of nitrogens with zero attached hydrogens (tertiary/aromatic N) is 1. The van der Waals surface area contributed by atoms with Crippen LogP contribution in [0.25, 0.3) is 22.0 Å². The van der Waals surface area contributed by atoms with Crippen LogP contribution in [-0.2, 0) is 0 Å². The number of imidazole rings is 1. The Kier molecular flexibility index (Phi) is 1.93. The lowest BCUT2D eigenvalue weighted by Crippen LogP contribution is -1.79. The molecule has 3 heterocycles. The molecular formula is C11H8N2OS. The lowest BCUT2D eigenvalue weighted by Gasteiger charge is -1.95. The molecule has 0 aliphatic rings. The Balaban J connectivity index is 2.15. The number of aromatic nitrogens is 2. The third kappa shape index (κ3) is 1.39. The SMILES string of the molecule is c1csc(-c2occc2-c2ncc[nH]2)c1. The minimum atomic E-state index is 0.840. The van der Waals surface area contributed by atoms with E-state index in [9.17, 15) is 0 Å². The van der Waals surface area contributed by atoms with Crippen LogP contribution in [0.2, 0.25) is 0 Å². The molecule has 74 valence electrons. The fourth-order valence-corrected chi connectivity index (χ4v) is 2.23. The van der Waals surface area contributed by atoms with Crippen molar-refractivity contribution in [3.8, 4) is 22.0 Å². The normalized spacial score (nSPS) is 10.7. The zero-order valence-electron chi connectivity index (χ0n) is 7.81. The maximum absolute atomic E-state index is 5.48. The lowest BCUT2D eigenvalue weighted by molar-refractivity contribution is 0.584. The summed E-state index contributed by atoms with van der Waals surface area (Å²) < 4.78 is 5.48. The Morgan fingerprint density at radius 2 is 2.33 bits per heavy atom. The van der Waals surface area contributed by atoms with E-state index >= 15 is 0 Å². The van der Waals surface area contributed by atoms with Crippen LogP contribution in [-0.4, -0.2) is 9.97 Å². The zero-order valence-corrected chi connectivity index (χ0v) is 8.62. The minimum Gasteiger partial charge on any atom is -0.463 e.